The standard InChI is InChI=1S/C19H12Br2F2O/c20-15-9-11(1-5-17(15)22)7-13-3-4-14(19(13)24)8-12-2-6-18(23)16(21)10-12/h1-2,5-10H,3-4H2/b13-7+,14-8+. The summed E-state index contributed by atoms with van der Waals surface area (Å²) >= 11 is 6.29. The van der Waals surface area contributed by atoms with E-state index >= 15 is 0 Å². The van der Waals surface area contributed by atoms with E-state index in [0.29, 0.717) is 32.9 Å². The van der Waals surface area contributed by atoms with Gasteiger partial charge >= 0.3 is 0 Å². The monoisotopic (exact) mass is 452 g/mol. The molecule has 24 heavy (non-hydrogen) atoms. The number of hydrogen-bond donors (Lipinski definition) is 0. The van der Waals surface area contributed by atoms with Crippen LogP contribution in [0.5, 0.6) is 0 Å². The smallest absolute Gasteiger partial charge is 0.185 e. The van der Waals surface area contributed by atoms with Crippen LogP contribution in [0, 0.1) is 11.6 Å². The van der Waals surface area contributed by atoms with Gasteiger partial charge in [0.25, 0.3) is 0 Å². The molecule has 2 aromatic carbocycles. The fraction of sp³-hybridized carbons (Fsp3) is 0.105. The van der Waals surface area contributed by atoms with Gasteiger partial charge < -0.3 is 0 Å². The Morgan fingerprint density at radius 1 is 0.792 bits per heavy atom. The Kier molecular flexibility index (Phi) is 5.11. The molecule has 5 heteroatoms. The molecule has 1 aliphatic rings. The minimum atomic E-state index is -0.336. The number of benzene rings is 2. The van der Waals surface area contributed by atoms with Crippen molar-refractivity contribution >= 4 is 49.8 Å². The number of rotatable bonds is 2. The second-order valence-corrected chi connectivity index (χ2v) is 7.22. The molecule has 0 heterocycles. The number of carbonyl (C=O) groups is 1. The fourth-order valence-electron chi connectivity index (χ4n) is 2.58. The molecule has 122 valence electrons. The maximum absolute atomic E-state index is 13.3. The molecule has 0 spiro atoms. The summed E-state index contributed by atoms with van der Waals surface area (Å²) in [4.78, 5) is 12.5. The van der Waals surface area contributed by atoms with Crippen molar-refractivity contribution in [2.75, 3.05) is 0 Å². The van der Waals surface area contributed by atoms with Crippen LogP contribution in [-0.2, 0) is 4.79 Å². The van der Waals surface area contributed by atoms with Crippen molar-refractivity contribution in [1.82, 2.24) is 0 Å². The van der Waals surface area contributed by atoms with Gasteiger partial charge in [0.05, 0.1) is 8.95 Å². The van der Waals surface area contributed by atoms with E-state index in [-0.39, 0.29) is 17.4 Å². The Morgan fingerprint density at radius 3 is 1.58 bits per heavy atom. The highest BCUT2D eigenvalue weighted by Crippen LogP contribution is 2.30. The maximum Gasteiger partial charge on any atom is 0.185 e. The summed E-state index contributed by atoms with van der Waals surface area (Å²) in [5, 5.41) is 0. The van der Waals surface area contributed by atoms with Gasteiger partial charge in [0, 0.05) is 11.1 Å². The normalized spacial score (nSPS) is 17.9. The van der Waals surface area contributed by atoms with Crippen molar-refractivity contribution < 1.29 is 13.6 Å². The SMILES string of the molecule is O=C1/C(=C/c2ccc(F)c(Br)c2)CC/C1=C\c1ccc(F)c(Br)c1. The van der Waals surface area contributed by atoms with Crippen molar-refractivity contribution in [3.8, 4) is 0 Å². The first-order chi connectivity index (χ1) is 11.4. The minimum Gasteiger partial charge on any atom is -0.289 e. The minimum absolute atomic E-state index is 0.0177. The van der Waals surface area contributed by atoms with Crippen LogP contribution in [0.4, 0.5) is 8.78 Å². The van der Waals surface area contributed by atoms with E-state index in [1.807, 2.05) is 0 Å². The number of Topliss-reactive ketones (excluding diaryl/α,β-unsaturated/α-hetero) is 1. The van der Waals surface area contributed by atoms with Crippen molar-refractivity contribution in [1.29, 1.82) is 0 Å². The lowest BCUT2D eigenvalue weighted by atomic mass is 10.1. The molecule has 3 rings (SSSR count). The molecule has 1 nitrogen and oxygen atoms in total. The van der Waals surface area contributed by atoms with E-state index in [0.717, 1.165) is 11.1 Å². The predicted octanol–water partition coefficient (Wildman–Crippen LogP) is 6.32. The van der Waals surface area contributed by atoms with Crippen LogP contribution >= 0.6 is 31.9 Å². The van der Waals surface area contributed by atoms with Crippen LogP contribution in [0.2, 0.25) is 0 Å². The number of ketones is 1. The van der Waals surface area contributed by atoms with Crippen LogP contribution in [0.1, 0.15) is 24.0 Å². The van der Waals surface area contributed by atoms with Gasteiger partial charge in [-0.1, -0.05) is 12.1 Å². The van der Waals surface area contributed by atoms with Gasteiger partial charge in [-0.2, -0.15) is 0 Å². The predicted molar refractivity (Wildman–Crippen MR) is 98.4 cm³/mol. The van der Waals surface area contributed by atoms with E-state index < -0.39 is 0 Å². The molecule has 0 saturated heterocycles. The summed E-state index contributed by atoms with van der Waals surface area (Å²) in [6, 6.07) is 9.30. The molecule has 1 fully saturated rings. The van der Waals surface area contributed by atoms with Gasteiger partial charge in [-0.15, -0.1) is 0 Å². The zero-order valence-corrected chi connectivity index (χ0v) is 15.6. The Bertz CT molecular complexity index is 813. The lowest BCUT2D eigenvalue weighted by Crippen LogP contribution is -1.95. The third-order valence-corrected chi connectivity index (χ3v) is 5.03. The van der Waals surface area contributed by atoms with Gasteiger partial charge in [-0.05, 0) is 92.2 Å². The molecule has 0 aromatic heterocycles. The van der Waals surface area contributed by atoms with Gasteiger partial charge in [0.2, 0.25) is 0 Å². The first-order valence-electron chi connectivity index (χ1n) is 7.30. The van der Waals surface area contributed by atoms with Gasteiger partial charge in [-0.3, -0.25) is 4.79 Å². The topological polar surface area (TPSA) is 17.1 Å². The molecule has 0 bridgehead atoms. The molecule has 0 amide bonds. The summed E-state index contributed by atoms with van der Waals surface area (Å²) in [7, 11) is 0. The van der Waals surface area contributed by atoms with Crippen LogP contribution in [-0.4, -0.2) is 5.78 Å². The average molecular weight is 454 g/mol. The molecule has 2 aromatic rings. The third-order valence-electron chi connectivity index (χ3n) is 3.82. The van der Waals surface area contributed by atoms with E-state index in [2.05, 4.69) is 31.9 Å². The Labute approximate surface area is 155 Å². The summed E-state index contributed by atoms with van der Waals surface area (Å²) in [6.07, 6.45) is 4.85. The zero-order valence-electron chi connectivity index (χ0n) is 12.5. The zero-order chi connectivity index (χ0) is 17.3. The fourth-order valence-corrected chi connectivity index (χ4v) is 3.38. The molecule has 1 aliphatic carbocycles. The maximum atomic E-state index is 13.3. The van der Waals surface area contributed by atoms with Crippen molar-refractivity contribution in [2.24, 2.45) is 0 Å². The molecule has 0 atom stereocenters. The van der Waals surface area contributed by atoms with Gasteiger partial charge in [0.1, 0.15) is 11.6 Å². The van der Waals surface area contributed by atoms with Crippen LogP contribution in [0.25, 0.3) is 12.2 Å². The Balaban J connectivity index is 1.86. The second kappa shape index (κ2) is 7.11. The Hall–Kier alpha value is -1.59. The van der Waals surface area contributed by atoms with Crippen molar-refractivity contribution in [3.05, 3.63) is 79.3 Å². The summed E-state index contributed by atoms with van der Waals surface area (Å²) in [6.45, 7) is 0. The molecule has 0 N–H and O–H groups in total. The first-order valence-corrected chi connectivity index (χ1v) is 8.88. The van der Waals surface area contributed by atoms with Gasteiger partial charge in [0.15, 0.2) is 5.78 Å². The lowest BCUT2D eigenvalue weighted by Gasteiger charge is -2.00. The second-order valence-electron chi connectivity index (χ2n) is 5.52. The number of allylic oxidation sites excluding steroid dienone is 2. The summed E-state index contributed by atoms with van der Waals surface area (Å²) in [5.74, 6) is -0.689. The molecule has 0 radical (unpaired) electrons. The molecule has 0 aliphatic heterocycles. The molecular formula is C19H12Br2F2O. The van der Waals surface area contributed by atoms with Crippen molar-refractivity contribution in [3.63, 3.8) is 0 Å². The molecule has 1 saturated carbocycles. The number of halogens is 4. The van der Waals surface area contributed by atoms with E-state index in [1.165, 1.54) is 12.1 Å². The number of hydrogen-bond acceptors (Lipinski definition) is 1. The highest BCUT2D eigenvalue weighted by Gasteiger charge is 2.23. The van der Waals surface area contributed by atoms with Crippen LogP contribution in [0.15, 0.2) is 56.5 Å². The van der Waals surface area contributed by atoms with E-state index in [4.69, 9.17) is 0 Å². The molecular weight excluding hydrogens is 442 g/mol. The van der Waals surface area contributed by atoms with Crippen molar-refractivity contribution in [2.45, 2.75) is 12.8 Å². The Morgan fingerprint density at radius 2 is 1.21 bits per heavy atom. The molecule has 0 unspecified atom stereocenters. The largest absolute Gasteiger partial charge is 0.289 e. The third kappa shape index (κ3) is 3.73. The number of carbonyl (C=O) groups excluding carboxylic acids is 1. The average Bonchev–Trinajstić information content (AvgIpc) is 2.88. The summed E-state index contributed by atoms with van der Waals surface area (Å²) in [5.41, 5.74) is 2.94. The van der Waals surface area contributed by atoms with Gasteiger partial charge in [-0.25, -0.2) is 8.78 Å². The van der Waals surface area contributed by atoms with Crippen LogP contribution < -0.4 is 0 Å². The highest BCUT2D eigenvalue weighted by molar-refractivity contribution is 9.10. The summed E-state index contributed by atoms with van der Waals surface area (Å²) < 4.78 is 27.3. The highest BCUT2D eigenvalue weighted by atomic mass is 79.9. The van der Waals surface area contributed by atoms with E-state index in [9.17, 15) is 13.6 Å². The van der Waals surface area contributed by atoms with Crippen LogP contribution in [0.3, 0.4) is 0 Å². The quantitative estimate of drug-likeness (QED) is 0.486. The first kappa shape index (κ1) is 17.2. The van der Waals surface area contributed by atoms with E-state index in [1.54, 1.807) is 36.4 Å². The lowest BCUT2D eigenvalue weighted by molar-refractivity contribution is -0.111.